The van der Waals surface area contributed by atoms with Crippen molar-refractivity contribution in [3.8, 4) is 0 Å². The van der Waals surface area contributed by atoms with Gasteiger partial charge in [0.1, 0.15) is 48.8 Å². The third-order valence-corrected chi connectivity index (χ3v) is 15.9. The van der Waals surface area contributed by atoms with Crippen molar-refractivity contribution in [3.63, 3.8) is 0 Å². The van der Waals surface area contributed by atoms with Crippen molar-refractivity contribution in [2.45, 2.75) is 351 Å². The number of nitrogens with one attached hydrogen (secondary N) is 1. The van der Waals surface area contributed by atoms with Gasteiger partial charge in [0.15, 0.2) is 12.6 Å². The lowest BCUT2D eigenvalue weighted by atomic mass is 9.97. The van der Waals surface area contributed by atoms with Crippen molar-refractivity contribution in [1.82, 2.24) is 5.32 Å². The minimum atomic E-state index is -1.79. The molecule has 0 aromatic rings. The zero-order valence-corrected chi connectivity index (χ0v) is 49.0. The molecule has 0 spiro atoms. The van der Waals surface area contributed by atoms with Crippen LogP contribution in [0.2, 0.25) is 0 Å². The maximum absolute atomic E-state index is 13.2. The molecule has 0 aliphatic carbocycles. The van der Waals surface area contributed by atoms with E-state index in [0.29, 0.717) is 6.42 Å². The lowest BCUT2D eigenvalue weighted by Crippen LogP contribution is -2.65. The first-order valence-electron chi connectivity index (χ1n) is 32.1. The Kier molecular flexibility index (Phi) is 45.7. The van der Waals surface area contributed by atoms with E-state index in [2.05, 4.69) is 31.3 Å². The van der Waals surface area contributed by atoms with Crippen LogP contribution in [-0.4, -0.2) is 140 Å². The second kappa shape index (κ2) is 49.1. The molecular formula is C63H119NO13. The Labute approximate surface area is 468 Å². The highest BCUT2D eigenvalue weighted by atomic mass is 16.7. The quantitative estimate of drug-likeness (QED) is 0.0204. The van der Waals surface area contributed by atoms with Crippen LogP contribution >= 0.6 is 0 Å². The topological polar surface area (TPSA) is 228 Å². The number of rotatable bonds is 52. The summed E-state index contributed by atoms with van der Waals surface area (Å²) in [5.41, 5.74) is 0. The molecule has 0 aromatic carbocycles. The van der Waals surface area contributed by atoms with Crippen LogP contribution in [0.4, 0.5) is 0 Å². The molecule has 0 bridgehead atoms. The van der Waals surface area contributed by atoms with Gasteiger partial charge in [-0.1, -0.05) is 250 Å². The molecule has 14 heteroatoms. The minimum absolute atomic E-state index is 0.237. The van der Waals surface area contributed by atoms with Crippen molar-refractivity contribution in [2.24, 2.45) is 0 Å². The van der Waals surface area contributed by atoms with Gasteiger partial charge in [-0.15, -0.1) is 0 Å². The number of aliphatic hydroxyl groups is 8. The number of ether oxygens (including phenoxy) is 4. The highest BCUT2D eigenvalue weighted by Gasteiger charge is 2.51. The number of carbonyl (C=O) groups is 1. The predicted octanol–water partition coefficient (Wildman–Crippen LogP) is 11.6. The Morgan fingerprint density at radius 2 is 0.818 bits per heavy atom. The van der Waals surface area contributed by atoms with Gasteiger partial charge in [-0.05, 0) is 44.9 Å². The summed E-state index contributed by atoms with van der Waals surface area (Å²) in [4.78, 5) is 13.2. The molecule has 1 amide bonds. The van der Waals surface area contributed by atoms with Gasteiger partial charge in [-0.2, -0.15) is 0 Å². The second-order valence-electron chi connectivity index (χ2n) is 22.9. The van der Waals surface area contributed by atoms with Gasteiger partial charge in [-0.25, -0.2) is 0 Å². The molecule has 0 radical (unpaired) electrons. The summed E-state index contributed by atoms with van der Waals surface area (Å²) in [6, 6.07) is -0.910. The lowest BCUT2D eigenvalue weighted by Gasteiger charge is -2.46. The van der Waals surface area contributed by atoms with Gasteiger partial charge in [0.25, 0.3) is 0 Å². The highest BCUT2D eigenvalue weighted by molar-refractivity contribution is 5.76. The van der Waals surface area contributed by atoms with Crippen molar-refractivity contribution in [3.05, 3.63) is 24.3 Å². The van der Waals surface area contributed by atoms with Crippen molar-refractivity contribution >= 4 is 5.91 Å². The fourth-order valence-corrected chi connectivity index (χ4v) is 10.7. The van der Waals surface area contributed by atoms with Crippen LogP contribution in [0, 0.1) is 0 Å². The molecule has 2 rings (SSSR count). The molecule has 2 saturated heterocycles. The zero-order chi connectivity index (χ0) is 56.0. The highest BCUT2D eigenvalue weighted by Crippen LogP contribution is 2.30. The molecule has 0 saturated carbocycles. The molecular weight excluding hydrogens is 979 g/mol. The molecule has 77 heavy (non-hydrogen) atoms. The Hall–Kier alpha value is -1.53. The summed E-state index contributed by atoms with van der Waals surface area (Å²) >= 11 is 0. The Balaban J connectivity index is 1.58. The van der Waals surface area contributed by atoms with E-state index in [1.54, 1.807) is 6.08 Å². The van der Waals surface area contributed by atoms with E-state index in [1.807, 2.05) is 6.08 Å². The number of allylic oxidation sites excluding steroid dienone is 3. The number of hydrogen-bond donors (Lipinski definition) is 9. The summed E-state index contributed by atoms with van der Waals surface area (Å²) in [7, 11) is 0. The molecule has 2 aliphatic rings. The van der Waals surface area contributed by atoms with Crippen molar-refractivity contribution in [2.75, 3.05) is 19.8 Å². The maximum atomic E-state index is 13.2. The summed E-state index contributed by atoms with van der Waals surface area (Å²) in [5.74, 6) is -0.237. The van der Waals surface area contributed by atoms with Crippen LogP contribution in [0.3, 0.4) is 0 Å². The van der Waals surface area contributed by atoms with Crippen LogP contribution in [0.15, 0.2) is 24.3 Å². The molecule has 2 fully saturated rings. The largest absolute Gasteiger partial charge is 0.394 e. The Morgan fingerprint density at radius 1 is 0.455 bits per heavy atom. The van der Waals surface area contributed by atoms with Gasteiger partial charge in [0.2, 0.25) is 5.91 Å². The van der Waals surface area contributed by atoms with E-state index in [9.17, 15) is 45.6 Å². The van der Waals surface area contributed by atoms with E-state index in [4.69, 9.17) is 18.9 Å². The first-order valence-corrected chi connectivity index (χ1v) is 32.1. The summed E-state index contributed by atoms with van der Waals surface area (Å²) in [5, 5.41) is 86.9. The monoisotopic (exact) mass is 1100 g/mol. The van der Waals surface area contributed by atoms with Crippen LogP contribution < -0.4 is 5.32 Å². The zero-order valence-electron chi connectivity index (χ0n) is 49.0. The third-order valence-electron chi connectivity index (χ3n) is 15.9. The smallest absolute Gasteiger partial charge is 0.220 e. The van der Waals surface area contributed by atoms with Gasteiger partial charge in [-0.3, -0.25) is 4.79 Å². The van der Waals surface area contributed by atoms with E-state index in [0.717, 1.165) is 38.5 Å². The minimum Gasteiger partial charge on any atom is -0.394 e. The van der Waals surface area contributed by atoms with Crippen LogP contribution in [0.1, 0.15) is 277 Å². The first-order chi connectivity index (χ1) is 37.6. The molecule has 2 heterocycles. The van der Waals surface area contributed by atoms with Gasteiger partial charge in [0.05, 0.1) is 32.0 Å². The molecule has 12 atom stereocenters. The maximum Gasteiger partial charge on any atom is 0.220 e. The van der Waals surface area contributed by atoms with Gasteiger partial charge in [0, 0.05) is 6.42 Å². The number of aliphatic hydroxyl groups excluding tert-OH is 8. The summed E-state index contributed by atoms with van der Waals surface area (Å²) in [6.07, 6.45) is 42.7. The first kappa shape index (κ1) is 71.6. The van der Waals surface area contributed by atoms with Crippen LogP contribution in [0.5, 0.6) is 0 Å². The van der Waals surface area contributed by atoms with Gasteiger partial charge >= 0.3 is 0 Å². The van der Waals surface area contributed by atoms with Gasteiger partial charge < -0.3 is 65.1 Å². The summed E-state index contributed by atoms with van der Waals surface area (Å²) in [6.45, 7) is 2.79. The number of amides is 1. The van der Waals surface area contributed by atoms with E-state index in [-0.39, 0.29) is 18.9 Å². The Morgan fingerprint density at radius 3 is 1.23 bits per heavy atom. The third kappa shape index (κ3) is 34.5. The van der Waals surface area contributed by atoms with Crippen LogP contribution in [-0.2, 0) is 23.7 Å². The summed E-state index contributed by atoms with van der Waals surface area (Å²) < 4.78 is 22.7. The average molecular weight is 1100 g/mol. The fraction of sp³-hybridized carbons (Fsp3) is 0.921. The molecule has 2 aliphatic heterocycles. The Bertz CT molecular complexity index is 1390. The number of hydrogen-bond acceptors (Lipinski definition) is 13. The van der Waals surface area contributed by atoms with Crippen LogP contribution in [0.25, 0.3) is 0 Å². The van der Waals surface area contributed by atoms with E-state index in [1.165, 1.54) is 212 Å². The molecule has 9 N–H and O–H groups in total. The lowest BCUT2D eigenvalue weighted by molar-refractivity contribution is -0.359. The normalized spacial score (nSPS) is 24.8. The van der Waals surface area contributed by atoms with E-state index >= 15 is 0 Å². The SMILES string of the molecule is CCCCCCCCCC/C=C\CCCCCCCCCCCCCCCCCCCCCCCC(=O)NC(COC1OC(CO)C(OC2OC(CO)C(O)C(O)C2O)C(O)C1O)C(O)/C=C/CCCCCCCCCC. The molecule has 454 valence electrons. The molecule has 12 unspecified atom stereocenters. The van der Waals surface area contributed by atoms with E-state index < -0.39 is 86.8 Å². The number of unbranched alkanes of at least 4 members (excludes halogenated alkanes) is 37. The fourth-order valence-electron chi connectivity index (χ4n) is 10.7. The number of carbonyl (C=O) groups excluding carboxylic acids is 1. The predicted molar refractivity (Wildman–Crippen MR) is 309 cm³/mol. The average Bonchev–Trinajstić information content (AvgIpc) is 3.45. The van der Waals surface area contributed by atoms with Crippen molar-refractivity contribution in [1.29, 1.82) is 0 Å². The second-order valence-corrected chi connectivity index (χ2v) is 22.9. The standard InChI is InChI=1S/C63H119NO13/c1-3-5-7-9-11-13-15-16-17-18-19-20-21-22-23-24-25-26-27-28-29-30-31-32-33-34-35-36-37-39-41-43-45-47-55(68)64-51(52(67)46-44-42-40-38-14-12-10-8-6-4-2)50-74-62-60(73)58(71)61(54(49-66)76-62)77-63-59(72)57(70)56(69)53(48-65)75-63/h18-19,44,46,51-54,56-63,65-67,69-73H,3-17,20-43,45,47-50H2,1-2H3,(H,64,68)/b19-18-,46-44+. The molecule has 14 nitrogen and oxygen atoms in total. The molecule has 0 aromatic heterocycles. The van der Waals surface area contributed by atoms with Crippen molar-refractivity contribution < 1.29 is 64.6 Å².